The summed E-state index contributed by atoms with van der Waals surface area (Å²) in [5.74, 6) is 0.953. The van der Waals surface area contributed by atoms with E-state index in [1.165, 1.54) is 0 Å². The van der Waals surface area contributed by atoms with Crippen LogP contribution in [0.3, 0.4) is 0 Å². The first kappa shape index (κ1) is 9.45. The summed E-state index contributed by atoms with van der Waals surface area (Å²) < 4.78 is 5.90. The SMILES string of the molecule is CCCc1nsc(=O)n1CCC. The zero-order valence-electron chi connectivity index (χ0n) is 7.54. The molecule has 1 heterocycles. The third kappa shape index (κ3) is 1.94. The second kappa shape index (κ2) is 4.40. The van der Waals surface area contributed by atoms with E-state index in [9.17, 15) is 4.79 Å². The Morgan fingerprint density at radius 2 is 2.17 bits per heavy atom. The number of rotatable bonds is 4. The number of nitrogens with zero attached hydrogens (tertiary/aromatic N) is 2. The van der Waals surface area contributed by atoms with Gasteiger partial charge in [-0.05, 0) is 12.8 Å². The minimum absolute atomic E-state index is 0.0836. The third-order valence-electron chi connectivity index (χ3n) is 1.68. The topological polar surface area (TPSA) is 34.9 Å². The monoisotopic (exact) mass is 186 g/mol. The maximum atomic E-state index is 11.2. The van der Waals surface area contributed by atoms with Gasteiger partial charge in [0.15, 0.2) is 0 Å². The van der Waals surface area contributed by atoms with Crippen molar-refractivity contribution in [1.29, 1.82) is 0 Å². The molecule has 12 heavy (non-hydrogen) atoms. The first-order chi connectivity index (χ1) is 5.79. The Hall–Kier alpha value is -0.640. The maximum absolute atomic E-state index is 11.2. The molecule has 0 unspecified atom stereocenters. The number of hydrogen-bond acceptors (Lipinski definition) is 3. The summed E-state index contributed by atoms with van der Waals surface area (Å²) in [6, 6.07) is 0. The average molecular weight is 186 g/mol. The molecule has 1 aromatic rings. The zero-order valence-corrected chi connectivity index (χ0v) is 8.36. The van der Waals surface area contributed by atoms with Crippen LogP contribution in [0.5, 0.6) is 0 Å². The van der Waals surface area contributed by atoms with Gasteiger partial charge in [0.05, 0.1) is 0 Å². The maximum Gasteiger partial charge on any atom is 0.326 e. The minimum atomic E-state index is 0.0836. The van der Waals surface area contributed by atoms with Crippen molar-refractivity contribution in [2.75, 3.05) is 0 Å². The number of aryl methyl sites for hydroxylation is 1. The summed E-state index contributed by atoms with van der Waals surface area (Å²) in [6.07, 6.45) is 2.96. The van der Waals surface area contributed by atoms with Gasteiger partial charge in [-0.15, -0.1) is 0 Å². The summed E-state index contributed by atoms with van der Waals surface area (Å²) in [5, 5.41) is 0. The van der Waals surface area contributed by atoms with E-state index in [1.54, 1.807) is 4.57 Å². The quantitative estimate of drug-likeness (QED) is 0.717. The largest absolute Gasteiger partial charge is 0.326 e. The molecule has 0 aliphatic rings. The lowest BCUT2D eigenvalue weighted by Crippen LogP contribution is -2.15. The van der Waals surface area contributed by atoms with Gasteiger partial charge >= 0.3 is 4.87 Å². The van der Waals surface area contributed by atoms with Crippen molar-refractivity contribution < 1.29 is 0 Å². The molecule has 0 aliphatic heterocycles. The van der Waals surface area contributed by atoms with E-state index in [2.05, 4.69) is 18.2 Å². The Morgan fingerprint density at radius 3 is 2.75 bits per heavy atom. The van der Waals surface area contributed by atoms with Crippen molar-refractivity contribution in [3.05, 3.63) is 15.5 Å². The van der Waals surface area contributed by atoms with Gasteiger partial charge in [0.25, 0.3) is 0 Å². The second-order valence-electron chi connectivity index (χ2n) is 2.77. The Bertz CT molecular complexity index is 289. The molecule has 0 fully saturated rings. The third-order valence-corrected chi connectivity index (χ3v) is 2.36. The standard InChI is InChI=1S/C8H14N2OS/c1-3-5-7-9-12-8(11)10(7)6-4-2/h3-6H2,1-2H3. The highest BCUT2D eigenvalue weighted by molar-refractivity contribution is 7.02. The summed E-state index contributed by atoms with van der Waals surface area (Å²) in [4.78, 5) is 11.3. The second-order valence-corrected chi connectivity index (χ2v) is 3.48. The van der Waals surface area contributed by atoms with Gasteiger partial charge in [0.1, 0.15) is 5.82 Å². The zero-order chi connectivity index (χ0) is 8.97. The van der Waals surface area contributed by atoms with E-state index in [-0.39, 0.29) is 4.87 Å². The molecule has 0 spiro atoms. The van der Waals surface area contributed by atoms with Crippen molar-refractivity contribution in [1.82, 2.24) is 8.94 Å². The highest BCUT2D eigenvalue weighted by Gasteiger charge is 2.05. The lowest BCUT2D eigenvalue weighted by atomic mass is 10.3. The van der Waals surface area contributed by atoms with Crippen LogP contribution in [0.1, 0.15) is 32.5 Å². The predicted molar refractivity (Wildman–Crippen MR) is 50.7 cm³/mol. The first-order valence-corrected chi connectivity index (χ1v) is 5.12. The van der Waals surface area contributed by atoms with E-state index >= 15 is 0 Å². The van der Waals surface area contributed by atoms with Crippen molar-refractivity contribution >= 4 is 11.5 Å². The molecule has 0 atom stereocenters. The van der Waals surface area contributed by atoms with Gasteiger partial charge in [0, 0.05) is 24.5 Å². The Labute approximate surface area is 76.2 Å². The molecule has 3 nitrogen and oxygen atoms in total. The van der Waals surface area contributed by atoms with Gasteiger partial charge in [0.2, 0.25) is 0 Å². The molecule has 0 aliphatic carbocycles. The van der Waals surface area contributed by atoms with Crippen LogP contribution in [0.15, 0.2) is 4.79 Å². The fraction of sp³-hybridized carbons (Fsp3) is 0.750. The van der Waals surface area contributed by atoms with Gasteiger partial charge < -0.3 is 0 Å². The van der Waals surface area contributed by atoms with E-state index in [0.29, 0.717) is 0 Å². The molecule has 0 N–H and O–H groups in total. The lowest BCUT2D eigenvalue weighted by Gasteiger charge is -2.01. The minimum Gasteiger partial charge on any atom is -0.286 e. The van der Waals surface area contributed by atoms with Crippen LogP contribution in [0.2, 0.25) is 0 Å². The molecule has 1 aromatic heterocycles. The van der Waals surface area contributed by atoms with E-state index in [1.807, 2.05) is 0 Å². The van der Waals surface area contributed by atoms with E-state index in [4.69, 9.17) is 0 Å². The lowest BCUT2D eigenvalue weighted by molar-refractivity contribution is 0.616. The number of aromatic nitrogens is 2. The molecule has 0 bridgehead atoms. The van der Waals surface area contributed by atoms with E-state index < -0.39 is 0 Å². The predicted octanol–water partition coefficient (Wildman–Crippen LogP) is 1.67. The van der Waals surface area contributed by atoms with Crippen LogP contribution in [0, 0.1) is 0 Å². The van der Waals surface area contributed by atoms with Crippen LogP contribution in [0.4, 0.5) is 0 Å². The fourth-order valence-electron chi connectivity index (χ4n) is 1.14. The van der Waals surface area contributed by atoms with Crippen LogP contribution in [0.25, 0.3) is 0 Å². The molecule has 0 radical (unpaired) electrons. The van der Waals surface area contributed by atoms with Gasteiger partial charge in [-0.2, -0.15) is 4.37 Å². The summed E-state index contributed by atoms with van der Waals surface area (Å²) in [6.45, 7) is 4.98. The van der Waals surface area contributed by atoms with Crippen molar-refractivity contribution in [2.45, 2.75) is 39.7 Å². The van der Waals surface area contributed by atoms with Crippen molar-refractivity contribution in [3.63, 3.8) is 0 Å². The molecule has 0 saturated heterocycles. The van der Waals surface area contributed by atoms with Gasteiger partial charge in [-0.1, -0.05) is 13.8 Å². The highest BCUT2D eigenvalue weighted by atomic mass is 32.1. The Kier molecular flexibility index (Phi) is 3.47. The Morgan fingerprint density at radius 1 is 1.42 bits per heavy atom. The molecule has 0 saturated carbocycles. The van der Waals surface area contributed by atoms with Crippen LogP contribution < -0.4 is 4.87 Å². The highest BCUT2D eigenvalue weighted by Crippen LogP contribution is 2.00. The molecule has 0 aromatic carbocycles. The molecule has 1 rings (SSSR count). The molecular weight excluding hydrogens is 172 g/mol. The van der Waals surface area contributed by atoms with E-state index in [0.717, 1.165) is 43.2 Å². The van der Waals surface area contributed by atoms with Crippen LogP contribution in [-0.2, 0) is 13.0 Å². The number of hydrogen-bond donors (Lipinski definition) is 0. The fourth-order valence-corrected chi connectivity index (χ4v) is 1.81. The van der Waals surface area contributed by atoms with Crippen molar-refractivity contribution in [2.24, 2.45) is 0 Å². The smallest absolute Gasteiger partial charge is 0.286 e. The molecular formula is C8H14N2OS. The summed E-state index contributed by atoms with van der Waals surface area (Å²) in [7, 11) is 0. The first-order valence-electron chi connectivity index (χ1n) is 4.35. The normalized spacial score (nSPS) is 10.5. The van der Waals surface area contributed by atoms with Crippen LogP contribution in [-0.4, -0.2) is 8.94 Å². The molecule has 0 amide bonds. The van der Waals surface area contributed by atoms with Crippen LogP contribution >= 0.6 is 11.5 Å². The van der Waals surface area contributed by atoms with Gasteiger partial charge in [-0.25, -0.2) is 0 Å². The molecule has 68 valence electrons. The summed E-state index contributed by atoms with van der Waals surface area (Å²) >= 11 is 1.07. The van der Waals surface area contributed by atoms with Gasteiger partial charge in [-0.3, -0.25) is 9.36 Å². The average Bonchev–Trinajstić information content (AvgIpc) is 2.37. The summed E-state index contributed by atoms with van der Waals surface area (Å²) in [5.41, 5.74) is 0. The molecule has 4 heteroatoms. The Balaban J connectivity index is 2.87. The van der Waals surface area contributed by atoms with Crippen molar-refractivity contribution in [3.8, 4) is 0 Å².